The van der Waals surface area contributed by atoms with Crippen molar-refractivity contribution in [3.8, 4) is 6.07 Å². The third kappa shape index (κ3) is 2.81. The molecule has 1 aliphatic rings. The maximum Gasteiger partial charge on any atom is 0.108 e. The molecule has 0 aliphatic heterocycles. The van der Waals surface area contributed by atoms with E-state index >= 15 is 0 Å². The van der Waals surface area contributed by atoms with Gasteiger partial charge >= 0.3 is 0 Å². The molecule has 1 aromatic carbocycles. The van der Waals surface area contributed by atoms with E-state index in [9.17, 15) is 5.26 Å². The van der Waals surface area contributed by atoms with Crippen LogP contribution in [0.1, 0.15) is 38.2 Å². The maximum atomic E-state index is 9.51. The summed E-state index contributed by atoms with van der Waals surface area (Å²) < 4.78 is 0. The topological polar surface area (TPSA) is 39.1 Å². The average Bonchev–Trinajstić information content (AvgIpc) is 2.50. The highest BCUT2D eigenvalue weighted by molar-refractivity contribution is 5.54. The van der Waals surface area contributed by atoms with E-state index in [2.05, 4.69) is 54.4 Å². The molecule has 20 heavy (non-hydrogen) atoms. The van der Waals surface area contributed by atoms with Crippen LogP contribution in [-0.2, 0) is 0 Å². The number of rotatable bonds is 4. The second-order valence-electron chi connectivity index (χ2n) is 5.77. The van der Waals surface area contributed by atoms with E-state index in [1.165, 1.54) is 17.7 Å². The molecule has 0 aromatic heterocycles. The molecule has 0 radical (unpaired) electrons. The lowest BCUT2D eigenvalue weighted by molar-refractivity contribution is 0.279. The number of nitriles is 1. The van der Waals surface area contributed by atoms with Gasteiger partial charge in [-0.05, 0) is 58.2 Å². The summed E-state index contributed by atoms with van der Waals surface area (Å²) in [7, 11) is 1.91. The smallest absolute Gasteiger partial charge is 0.108 e. The summed E-state index contributed by atoms with van der Waals surface area (Å²) in [6.07, 6.45) is 4.15. The molecule has 1 saturated carbocycles. The molecule has 0 saturated heterocycles. The van der Waals surface area contributed by atoms with Crippen molar-refractivity contribution >= 4 is 5.69 Å². The lowest BCUT2D eigenvalue weighted by atomic mass is 9.79. The van der Waals surface area contributed by atoms with Gasteiger partial charge in [0.05, 0.1) is 6.07 Å². The lowest BCUT2D eigenvalue weighted by Crippen LogP contribution is -2.51. The van der Waals surface area contributed by atoms with Gasteiger partial charge in [-0.2, -0.15) is 5.26 Å². The van der Waals surface area contributed by atoms with Crippen LogP contribution in [0, 0.1) is 18.3 Å². The van der Waals surface area contributed by atoms with Gasteiger partial charge < -0.3 is 10.2 Å². The molecule has 108 valence electrons. The predicted octanol–water partition coefficient (Wildman–Crippen LogP) is 3.25. The van der Waals surface area contributed by atoms with Gasteiger partial charge in [0.1, 0.15) is 5.54 Å². The molecule has 3 heteroatoms. The van der Waals surface area contributed by atoms with E-state index in [1.807, 2.05) is 7.05 Å². The molecule has 0 bridgehead atoms. The summed E-state index contributed by atoms with van der Waals surface area (Å²) >= 11 is 0. The quantitative estimate of drug-likeness (QED) is 0.913. The number of benzene rings is 1. The molecule has 0 spiro atoms. The Morgan fingerprint density at radius 1 is 1.45 bits per heavy atom. The Labute approximate surface area is 122 Å². The molecule has 1 fully saturated rings. The summed E-state index contributed by atoms with van der Waals surface area (Å²) in [5, 5.41) is 12.8. The van der Waals surface area contributed by atoms with Crippen molar-refractivity contribution in [2.45, 2.75) is 51.1 Å². The lowest BCUT2D eigenvalue weighted by Gasteiger charge is -2.42. The Hall–Kier alpha value is -1.53. The highest BCUT2D eigenvalue weighted by Gasteiger charge is 2.37. The molecule has 2 atom stereocenters. The van der Waals surface area contributed by atoms with E-state index in [0.29, 0.717) is 6.04 Å². The van der Waals surface area contributed by atoms with Gasteiger partial charge in [-0.1, -0.05) is 18.2 Å². The molecular weight excluding hydrogens is 246 g/mol. The first-order valence-electron chi connectivity index (χ1n) is 7.58. The predicted molar refractivity (Wildman–Crippen MR) is 83.9 cm³/mol. The second kappa shape index (κ2) is 6.28. The standard InChI is InChI=1S/C17H25N3/c1-4-20(16-10-6-5-8-14(16)2)15-9-7-11-17(12-15,13-18)19-3/h5-6,8,10,15,19H,4,7,9,11-12H2,1-3H3. The van der Waals surface area contributed by atoms with Crippen LogP contribution in [0.2, 0.25) is 0 Å². The Balaban J connectivity index is 2.24. The van der Waals surface area contributed by atoms with Crippen LogP contribution in [-0.4, -0.2) is 25.2 Å². The first-order valence-corrected chi connectivity index (χ1v) is 7.58. The van der Waals surface area contributed by atoms with Gasteiger partial charge in [0.15, 0.2) is 0 Å². The molecule has 1 aromatic rings. The number of nitrogens with zero attached hydrogens (tertiary/aromatic N) is 2. The van der Waals surface area contributed by atoms with Gasteiger partial charge in [0.25, 0.3) is 0 Å². The van der Waals surface area contributed by atoms with Crippen LogP contribution in [0.5, 0.6) is 0 Å². The van der Waals surface area contributed by atoms with Gasteiger partial charge in [0, 0.05) is 18.3 Å². The average molecular weight is 271 g/mol. The molecule has 0 heterocycles. The monoisotopic (exact) mass is 271 g/mol. The zero-order chi connectivity index (χ0) is 14.6. The van der Waals surface area contributed by atoms with E-state index in [0.717, 1.165) is 25.8 Å². The summed E-state index contributed by atoms with van der Waals surface area (Å²) in [5.74, 6) is 0. The van der Waals surface area contributed by atoms with Crippen LogP contribution in [0.3, 0.4) is 0 Å². The van der Waals surface area contributed by atoms with E-state index in [-0.39, 0.29) is 5.54 Å². The molecule has 3 nitrogen and oxygen atoms in total. The number of nitrogens with one attached hydrogen (secondary N) is 1. The van der Waals surface area contributed by atoms with Crippen molar-refractivity contribution in [2.75, 3.05) is 18.5 Å². The molecule has 1 aliphatic carbocycles. The second-order valence-corrected chi connectivity index (χ2v) is 5.77. The van der Waals surface area contributed by atoms with Crippen LogP contribution in [0.15, 0.2) is 24.3 Å². The van der Waals surface area contributed by atoms with Gasteiger partial charge in [0.2, 0.25) is 0 Å². The fraction of sp³-hybridized carbons (Fsp3) is 0.588. The summed E-state index contributed by atoms with van der Waals surface area (Å²) in [6.45, 7) is 5.35. The van der Waals surface area contributed by atoms with E-state index < -0.39 is 0 Å². The van der Waals surface area contributed by atoms with Crippen molar-refractivity contribution in [2.24, 2.45) is 0 Å². The minimum Gasteiger partial charge on any atom is -0.369 e. The molecule has 2 unspecified atom stereocenters. The number of hydrogen-bond acceptors (Lipinski definition) is 3. The van der Waals surface area contributed by atoms with Gasteiger partial charge in [-0.25, -0.2) is 0 Å². The highest BCUT2D eigenvalue weighted by atomic mass is 15.2. The summed E-state index contributed by atoms with van der Waals surface area (Å²) in [5.41, 5.74) is 2.27. The summed E-state index contributed by atoms with van der Waals surface area (Å²) in [6, 6.07) is 11.5. The number of hydrogen-bond donors (Lipinski definition) is 1. The minimum atomic E-state index is -0.348. The van der Waals surface area contributed by atoms with E-state index in [4.69, 9.17) is 0 Å². The molecule has 2 rings (SSSR count). The Morgan fingerprint density at radius 3 is 2.80 bits per heavy atom. The van der Waals surface area contributed by atoms with Crippen molar-refractivity contribution in [3.05, 3.63) is 29.8 Å². The zero-order valence-corrected chi connectivity index (χ0v) is 12.8. The summed E-state index contributed by atoms with van der Waals surface area (Å²) in [4.78, 5) is 2.47. The van der Waals surface area contributed by atoms with Crippen molar-refractivity contribution in [1.29, 1.82) is 5.26 Å². The van der Waals surface area contributed by atoms with Crippen molar-refractivity contribution in [3.63, 3.8) is 0 Å². The highest BCUT2D eigenvalue weighted by Crippen LogP contribution is 2.33. The normalized spacial score (nSPS) is 26.0. The zero-order valence-electron chi connectivity index (χ0n) is 12.8. The largest absolute Gasteiger partial charge is 0.369 e. The minimum absolute atomic E-state index is 0.348. The van der Waals surface area contributed by atoms with Crippen molar-refractivity contribution < 1.29 is 0 Å². The Kier molecular flexibility index (Phi) is 4.67. The van der Waals surface area contributed by atoms with Crippen LogP contribution < -0.4 is 10.2 Å². The van der Waals surface area contributed by atoms with Crippen LogP contribution in [0.25, 0.3) is 0 Å². The third-order valence-electron chi connectivity index (χ3n) is 4.62. The number of aryl methyl sites for hydroxylation is 1. The fourth-order valence-corrected chi connectivity index (χ4v) is 3.41. The SMILES string of the molecule is CCN(c1ccccc1C)C1CCCC(C#N)(NC)C1. The third-order valence-corrected chi connectivity index (χ3v) is 4.62. The van der Waals surface area contributed by atoms with E-state index in [1.54, 1.807) is 0 Å². The Morgan fingerprint density at radius 2 is 2.20 bits per heavy atom. The van der Waals surface area contributed by atoms with Gasteiger partial charge in [-0.15, -0.1) is 0 Å². The number of para-hydroxylation sites is 1. The molecule has 1 N–H and O–H groups in total. The molecule has 0 amide bonds. The first kappa shape index (κ1) is 14.9. The molecular formula is C17H25N3. The number of anilines is 1. The van der Waals surface area contributed by atoms with Crippen LogP contribution in [0.4, 0.5) is 5.69 Å². The Bertz CT molecular complexity index is 491. The van der Waals surface area contributed by atoms with Gasteiger partial charge in [-0.3, -0.25) is 0 Å². The van der Waals surface area contributed by atoms with Crippen LogP contribution >= 0.6 is 0 Å². The fourth-order valence-electron chi connectivity index (χ4n) is 3.41. The van der Waals surface area contributed by atoms with Crippen molar-refractivity contribution in [1.82, 2.24) is 5.32 Å². The first-order chi connectivity index (χ1) is 9.65. The maximum absolute atomic E-state index is 9.51.